The van der Waals surface area contributed by atoms with Gasteiger partial charge >= 0.3 is 0 Å². The van der Waals surface area contributed by atoms with E-state index >= 15 is 0 Å². The molecule has 2 aromatic heterocycles. The van der Waals surface area contributed by atoms with E-state index in [1.807, 2.05) is 0 Å². The summed E-state index contributed by atoms with van der Waals surface area (Å²) in [4.78, 5) is 18.1. The molecule has 2 rings (SSSR count). The van der Waals surface area contributed by atoms with Crippen molar-refractivity contribution in [3.63, 3.8) is 0 Å². The van der Waals surface area contributed by atoms with E-state index < -0.39 is 0 Å². The Kier molecular flexibility index (Phi) is 2.03. The van der Waals surface area contributed by atoms with Crippen LogP contribution in [0.15, 0.2) is 17.1 Å². The third-order valence-electron chi connectivity index (χ3n) is 2.15. The molecule has 0 saturated heterocycles. The molecule has 2 aromatic rings. The van der Waals surface area contributed by atoms with E-state index in [2.05, 4.69) is 15.1 Å². The summed E-state index contributed by atoms with van der Waals surface area (Å²) in [6.07, 6.45) is 1.77. The molecule has 0 fully saturated rings. The van der Waals surface area contributed by atoms with E-state index in [1.54, 1.807) is 30.9 Å². The fourth-order valence-electron chi connectivity index (χ4n) is 1.21. The fourth-order valence-corrected chi connectivity index (χ4v) is 1.21. The molecule has 0 radical (unpaired) electrons. The zero-order valence-electron chi connectivity index (χ0n) is 8.48. The average molecular weight is 205 g/mol. The Hall–Kier alpha value is -2.11. The molecule has 78 valence electrons. The highest BCUT2D eigenvalue weighted by Gasteiger charge is 2.08. The van der Waals surface area contributed by atoms with Gasteiger partial charge in [0, 0.05) is 13.2 Å². The Morgan fingerprint density at radius 3 is 2.80 bits per heavy atom. The molecule has 0 unspecified atom stereocenters. The van der Waals surface area contributed by atoms with Crippen molar-refractivity contribution in [2.45, 2.75) is 6.92 Å². The number of nitrogens with zero attached hydrogens (tertiary/aromatic N) is 3. The number of aromatic nitrogens is 4. The maximum Gasteiger partial charge on any atom is 0.256 e. The zero-order chi connectivity index (χ0) is 11.0. The van der Waals surface area contributed by atoms with Crippen molar-refractivity contribution in [1.82, 2.24) is 19.7 Å². The van der Waals surface area contributed by atoms with Crippen molar-refractivity contribution < 1.29 is 0 Å². The summed E-state index contributed by atoms with van der Waals surface area (Å²) in [5.41, 5.74) is 6.39. The van der Waals surface area contributed by atoms with Crippen molar-refractivity contribution in [2.75, 3.05) is 5.73 Å². The van der Waals surface area contributed by atoms with Crippen molar-refractivity contribution in [3.05, 3.63) is 28.2 Å². The highest BCUT2D eigenvalue weighted by atomic mass is 16.1. The molecule has 6 heteroatoms. The third kappa shape index (κ3) is 1.61. The Morgan fingerprint density at radius 2 is 2.27 bits per heavy atom. The van der Waals surface area contributed by atoms with Crippen LogP contribution < -0.4 is 11.3 Å². The molecule has 2 heterocycles. The Labute approximate surface area is 85.8 Å². The summed E-state index contributed by atoms with van der Waals surface area (Å²) in [6, 6.07) is 1.76. The number of nitrogen functional groups attached to an aromatic ring is 1. The van der Waals surface area contributed by atoms with E-state index in [4.69, 9.17) is 5.73 Å². The second-order valence-corrected chi connectivity index (χ2v) is 3.30. The van der Waals surface area contributed by atoms with Crippen molar-refractivity contribution in [2.24, 2.45) is 7.05 Å². The van der Waals surface area contributed by atoms with Crippen molar-refractivity contribution in [3.8, 4) is 11.5 Å². The van der Waals surface area contributed by atoms with Gasteiger partial charge < -0.3 is 10.7 Å². The van der Waals surface area contributed by atoms with E-state index in [0.29, 0.717) is 17.1 Å². The highest BCUT2D eigenvalue weighted by molar-refractivity contribution is 5.52. The lowest BCUT2D eigenvalue weighted by Crippen LogP contribution is -2.15. The molecule has 6 nitrogen and oxygen atoms in total. The van der Waals surface area contributed by atoms with Crippen molar-refractivity contribution in [1.29, 1.82) is 0 Å². The molecule has 0 aliphatic heterocycles. The van der Waals surface area contributed by atoms with Gasteiger partial charge in [-0.3, -0.25) is 9.48 Å². The number of hydrogen-bond acceptors (Lipinski definition) is 4. The Bertz CT molecular complexity index is 554. The topological polar surface area (TPSA) is 89.6 Å². The van der Waals surface area contributed by atoms with Gasteiger partial charge in [-0.25, -0.2) is 4.98 Å². The first-order valence-corrected chi connectivity index (χ1v) is 4.44. The summed E-state index contributed by atoms with van der Waals surface area (Å²) in [5.74, 6) is 0.628. The number of aryl methyl sites for hydroxylation is 1. The molecule has 0 bridgehead atoms. The van der Waals surface area contributed by atoms with Crippen LogP contribution in [0.2, 0.25) is 0 Å². The average Bonchev–Trinajstić information content (AvgIpc) is 2.60. The number of nitrogens with one attached hydrogen (secondary N) is 1. The van der Waals surface area contributed by atoms with Crippen LogP contribution in [-0.2, 0) is 7.05 Å². The maximum absolute atomic E-state index is 11.4. The number of hydrogen-bond donors (Lipinski definition) is 2. The van der Waals surface area contributed by atoms with Gasteiger partial charge in [-0.1, -0.05) is 0 Å². The van der Waals surface area contributed by atoms with Gasteiger partial charge in [0.25, 0.3) is 5.56 Å². The third-order valence-corrected chi connectivity index (χ3v) is 2.15. The summed E-state index contributed by atoms with van der Waals surface area (Å²) in [6.45, 7) is 1.63. The molecular weight excluding hydrogens is 194 g/mol. The second kappa shape index (κ2) is 3.23. The van der Waals surface area contributed by atoms with E-state index in [9.17, 15) is 4.79 Å². The largest absolute Gasteiger partial charge is 0.383 e. The summed E-state index contributed by atoms with van der Waals surface area (Å²) < 4.78 is 1.63. The van der Waals surface area contributed by atoms with Gasteiger partial charge in [0.05, 0.1) is 5.56 Å². The van der Waals surface area contributed by atoms with E-state index in [0.717, 1.165) is 0 Å². The standard InChI is InChI=1S/C9H11N5O/c1-5-7(10)11-8(12-9(5)15)6-3-4-14(2)13-6/h3-4H,1-2H3,(H3,10,11,12,15). The molecule has 0 amide bonds. The fraction of sp³-hybridized carbons (Fsp3) is 0.222. The number of aromatic amines is 1. The van der Waals surface area contributed by atoms with Crippen LogP contribution in [0.5, 0.6) is 0 Å². The van der Waals surface area contributed by atoms with E-state index in [-0.39, 0.29) is 11.4 Å². The van der Waals surface area contributed by atoms with Crippen molar-refractivity contribution >= 4 is 5.82 Å². The second-order valence-electron chi connectivity index (χ2n) is 3.30. The SMILES string of the molecule is Cc1c(N)nc(-c2ccn(C)n2)[nH]c1=O. The minimum Gasteiger partial charge on any atom is -0.383 e. The maximum atomic E-state index is 11.4. The number of nitrogens with two attached hydrogens (primary N) is 1. The van der Waals surface area contributed by atoms with Crippen LogP contribution >= 0.6 is 0 Å². The minimum atomic E-state index is -0.233. The lowest BCUT2D eigenvalue weighted by atomic mass is 10.3. The van der Waals surface area contributed by atoms with Gasteiger partial charge in [-0.2, -0.15) is 5.10 Å². The van der Waals surface area contributed by atoms with Crippen LogP contribution in [0.4, 0.5) is 5.82 Å². The molecule has 3 N–H and O–H groups in total. The predicted molar refractivity (Wildman–Crippen MR) is 56.2 cm³/mol. The molecule has 0 spiro atoms. The Morgan fingerprint density at radius 1 is 1.53 bits per heavy atom. The molecule has 15 heavy (non-hydrogen) atoms. The summed E-state index contributed by atoms with van der Waals surface area (Å²) in [5, 5.41) is 4.12. The predicted octanol–water partition coefficient (Wildman–Crippen LogP) is 0.0610. The smallest absolute Gasteiger partial charge is 0.256 e. The minimum absolute atomic E-state index is 0.233. The van der Waals surface area contributed by atoms with Crippen LogP contribution in [0.3, 0.4) is 0 Å². The normalized spacial score (nSPS) is 10.5. The monoisotopic (exact) mass is 205 g/mol. The number of rotatable bonds is 1. The summed E-state index contributed by atoms with van der Waals surface area (Å²) >= 11 is 0. The lowest BCUT2D eigenvalue weighted by Gasteiger charge is -2.00. The van der Waals surface area contributed by atoms with Crippen LogP contribution in [0.25, 0.3) is 11.5 Å². The van der Waals surface area contributed by atoms with Crippen LogP contribution in [0.1, 0.15) is 5.56 Å². The van der Waals surface area contributed by atoms with E-state index in [1.165, 1.54) is 0 Å². The molecule has 0 aliphatic rings. The van der Waals surface area contributed by atoms with Crippen LogP contribution in [0, 0.1) is 6.92 Å². The number of anilines is 1. The number of H-pyrrole nitrogens is 1. The quantitative estimate of drug-likeness (QED) is 0.689. The van der Waals surface area contributed by atoms with Crippen LogP contribution in [-0.4, -0.2) is 19.7 Å². The first kappa shape index (κ1) is 9.45. The van der Waals surface area contributed by atoms with Gasteiger partial charge in [0.2, 0.25) is 0 Å². The zero-order valence-corrected chi connectivity index (χ0v) is 8.48. The van der Waals surface area contributed by atoms with Gasteiger partial charge in [0.15, 0.2) is 5.82 Å². The molecule has 0 aromatic carbocycles. The first-order chi connectivity index (χ1) is 7.08. The summed E-state index contributed by atoms with van der Waals surface area (Å²) in [7, 11) is 1.79. The lowest BCUT2D eigenvalue weighted by molar-refractivity contribution is 0.768. The van der Waals surface area contributed by atoms with Gasteiger partial charge in [-0.05, 0) is 13.0 Å². The van der Waals surface area contributed by atoms with Gasteiger partial charge in [0.1, 0.15) is 11.5 Å². The Balaban J connectivity index is 2.60. The first-order valence-electron chi connectivity index (χ1n) is 4.44. The van der Waals surface area contributed by atoms with Gasteiger partial charge in [-0.15, -0.1) is 0 Å². The molecule has 0 saturated carbocycles. The highest BCUT2D eigenvalue weighted by Crippen LogP contribution is 2.11. The molecule has 0 atom stereocenters. The molecule has 0 aliphatic carbocycles. The molecular formula is C9H11N5O.